The first-order valence-corrected chi connectivity index (χ1v) is 9.68. The molecule has 1 atom stereocenters. The summed E-state index contributed by atoms with van der Waals surface area (Å²) >= 11 is 1.53. The van der Waals surface area contributed by atoms with Crippen LogP contribution >= 0.6 is 11.3 Å². The Labute approximate surface area is 128 Å². The number of carbonyl (C=O) groups excluding carboxylic acids is 1. The number of nitrogens with two attached hydrogens (primary N) is 1. The molecule has 0 aromatic carbocycles. The van der Waals surface area contributed by atoms with E-state index in [2.05, 4.69) is 4.98 Å². The van der Waals surface area contributed by atoms with Crippen LogP contribution in [0.5, 0.6) is 0 Å². The summed E-state index contributed by atoms with van der Waals surface area (Å²) in [5.74, 6) is -0.198. The minimum atomic E-state index is -3.68. The summed E-state index contributed by atoms with van der Waals surface area (Å²) in [6.45, 7) is 0.129. The van der Waals surface area contributed by atoms with E-state index in [9.17, 15) is 13.2 Å². The fourth-order valence-electron chi connectivity index (χ4n) is 2.89. The van der Waals surface area contributed by atoms with E-state index in [1.807, 2.05) is 0 Å². The van der Waals surface area contributed by atoms with Gasteiger partial charge < -0.3 is 0 Å². The maximum atomic E-state index is 12.1. The van der Waals surface area contributed by atoms with Crippen molar-refractivity contribution in [2.75, 3.05) is 11.4 Å². The Balaban J connectivity index is 1.84. The zero-order valence-electron chi connectivity index (χ0n) is 11.7. The molecule has 1 saturated heterocycles. The highest BCUT2D eigenvalue weighted by Gasteiger charge is 2.38. The molecule has 8 heteroatoms. The lowest BCUT2D eigenvalue weighted by atomic mass is 10.0. The first kappa shape index (κ1) is 14.9. The average Bonchev–Trinajstić information content (AvgIpc) is 2.92. The summed E-state index contributed by atoms with van der Waals surface area (Å²) < 4.78 is 22.8. The number of carbonyl (C=O) groups is 1. The molecule has 6 nitrogen and oxygen atoms in total. The fraction of sp³-hybridized carbons (Fsp3) is 0.692. The van der Waals surface area contributed by atoms with Gasteiger partial charge in [0.2, 0.25) is 15.9 Å². The van der Waals surface area contributed by atoms with Gasteiger partial charge in [0.25, 0.3) is 0 Å². The molecule has 0 spiro atoms. The lowest BCUT2D eigenvalue weighted by Gasteiger charge is -2.11. The number of primary sulfonamides is 1. The van der Waals surface area contributed by atoms with Gasteiger partial charge in [-0.1, -0.05) is 12.8 Å². The maximum absolute atomic E-state index is 12.1. The van der Waals surface area contributed by atoms with Crippen LogP contribution in [0.4, 0.5) is 5.13 Å². The molecule has 1 fully saturated rings. The van der Waals surface area contributed by atoms with E-state index >= 15 is 0 Å². The summed E-state index contributed by atoms with van der Waals surface area (Å²) in [5, 5.41) is 4.99. The van der Waals surface area contributed by atoms with Crippen molar-refractivity contribution in [2.45, 2.75) is 50.2 Å². The van der Waals surface area contributed by atoms with E-state index in [-0.39, 0.29) is 18.9 Å². The van der Waals surface area contributed by atoms with E-state index in [4.69, 9.17) is 5.14 Å². The predicted octanol–water partition coefficient (Wildman–Crippen LogP) is 1.20. The van der Waals surface area contributed by atoms with Gasteiger partial charge in [0.05, 0.1) is 5.69 Å². The molecule has 3 rings (SSSR count). The number of rotatable bonds is 2. The van der Waals surface area contributed by atoms with Crippen LogP contribution in [0.15, 0.2) is 0 Å². The first-order valence-electron chi connectivity index (χ1n) is 7.25. The van der Waals surface area contributed by atoms with Gasteiger partial charge in [-0.25, -0.2) is 18.5 Å². The Morgan fingerprint density at radius 3 is 2.57 bits per heavy atom. The van der Waals surface area contributed by atoms with E-state index in [1.165, 1.54) is 34.0 Å². The zero-order valence-corrected chi connectivity index (χ0v) is 13.4. The third-order valence-corrected chi connectivity index (χ3v) is 6.54. The normalized spacial score (nSPS) is 23.8. The summed E-state index contributed by atoms with van der Waals surface area (Å²) in [4.78, 5) is 19.4. The summed E-state index contributed by atoms with van der Waals surface area (Å²) in [6, 6.07) is 0. The number of hydrogen-bond donors (Lipinski definition) is 1. The number of aryl methyl sites for hydroxylation is 2. The Bertz CT molecular complexity index is 628. The molecule has 2 N–H and O–H groups in total. The van der Waals surface area contributed by atoms with Gasteiger partial charge in [-0.3, -0.25) is 9.69 Å². The molecule has 1 aliphatic heterocycles. The van der Waals surface area contributed by atoms with Gasteiger partial charge in [-0.2, -0.15) is 0 Å². The van der Waals surface area contributed by atoms with Crippen molar-refractivity contribution in [3.05, 3.63) is 10.6 Å². The lowest BCUT2D eigenvalue weighted by Crippen LogP contribution is -2.32. The SMILES string of the molecule is NS(=O)(=O)C1CC(=O)N(c2nc3c(s2)CCCCCC3)C1. The molecule has 1 aromatic heterocycles. The minimum Gasteiger partial charge on any atom is -0.287 e. The fourth-order valence-corrected chi connectivity index (χ4v) is 4.79. The third-order valence-electron chi connectivity index (χ3n) is 4.12. The zero-order chi connectivity index (χ0) is 15.0. The van der Waals surface area contributed by atoms with Crippen LogP contribution in [0.1, 0.15) is 42.7 Å². The van der Waals surface area contributed by atoms with Gasteiger partial charge in [0.1, 0.15) is 5.25 Å². The molecule has 0 saturated carbocycles. The van der Waals surface area contributed by atoms with Crippen molar-refractivity contribution in [2.24, 2.45) is 5.14 Å². The quantitative estimate of drug-likeness (QED) is 0.882. The molecule has 1 amide bonds. The Morgan fingerprint density at radius 1 is 1.19 bits per heavy atom. The number of fused-ring (bicyclic) bond motifs is 1. The van der Waals surface area contributed by atoms with Crippen molar-refractivity contribution in [1.29, 1.82) is 0 Å². The predicted molar refractivity (Wildman–Crippen MR) is 81.9 cm³/mol. The summed E-state index contributed by atoms with van der Waals surface area (Å²) in [5.41, 5.74) is 1.08. The van der Waals surface area contributed by atoms with E-state index in [0.717, 1.165) is 31.4 Å². The van der Waals surface area contributed by atoms with E-state index in [1.54, 1.807) is 0 Å². The second-order valence-electron chi connectivity index (χ2n) is 5.70. The summed E-state index contributed by atoms with van der Waals surface area (Å²) in [6.07, 6.45) is 6.67. The van der Waals surface area contributed by atoms with Gasteiger partial charge in [0.15, 0.2) is 5.13 Å². The van der Waals surface area contributed by atoms with Crippen LogP contribution in [0.2, 0.25) is 0 Å². The van der Waals surface area contributed by atoms with E-state index < -0.39 is 15.3 Å². The minimum absolute atomic E-state index is 0.0386. The molecule has 2 heterocycles. The highest BCUT2D eigenvalue weighted by atomic mass is 32.2. The third kappa shape index (κ3) is 3.12. The Hall–Kier alpha value is -0.990. The molecular weight excluding hydrogens is 310 g/mol. The molecule has 1 aromatic rings. The maximum Gasteiger partial charge on any atom is 0.230 e. The first-order chi connectivity index (χ1) is 9.95. The van der Waals surface area contributed by atoms with Crippen LogP contribution in [0, 0.1) is 0 Å². The second kappa shape index (κ2) is 5.66. The molecule has 21 heavy (non-hydrogen) atoms. The van der Waals surface area contributed by atoms with Crippen LogP contribution < -0.4 is 10.0 Å². The molecule has 0 bridgehead atoms. The van der Waals surface area contributed by atoms with Gasteiger partial charge in [0, 0.05) is 17.8 Å². The number of aromatic nitrogens is 1. The van der Waals surface area contributed by atoms with Gasteiger partial charge >= 0.3 is 0 Å². The highest BCUT2D eigenvalue weighted by Crippen LogP contribution is 2.33. The number of nitrogens with zero attached hydrogens (tertiary/aromatic N) is 2. The van der Waals surface area contributed by atoms with Gasteiger partial charge in [-0.15, -0.1) is 11.3 Å². The summed E-state index contributed by atoms with van der Waals surface area (Å²) in [7, 11) is -3.68. The van der Waals surface area contributed by atoms with Crippen molar-refractivity contribution in [3.63, 3.8) is 0 Å². The second-order valence-corrected chi connectivity index (χ2v) is 8.61. The average molecular weight is 329 g/mol. The Kier molecular flexibility index (Phi) is 4.02. The monoisotopic (exact) mass is 329 g/mol. The molecule has 0 radical (unpaired) electrons. The number of thiazole rings is 1. The number of sulfonamides is 1. The number of anilines is 1. The van der Waals surface area contributed by atoms with Crippen molar-refractivity contribution < 1.29 is 13.2 Å². The highest BCUT2D eigenvalue weighted by molar-refractivity contribution is 7.89. The van der Waals surface area contributed by atoms with Gasteiger partial charge in [-0.05, 0) is 25.7 Å². The molecule has 1 unspecified atom stereocenters. The van der Waals surface area contributed by atoms with Crippen LogP contribution in [0.25, 0.3) is 0 Å². The molecule has 2 aliphatic rings. The van der Waals surface area contributed by atoms with Crippen molar-refractivity contribution in [1.82, 2.24) is 4.98 Å². The smallest absolute Gasteiger partial charge is 0.230 e. The Morgan fingerprint density at radius 2 is 1.90 bits per heavy atom. The van der Waals surface area contributed by atoms with Crippen molar-refractivity contribution >= 4 is 32.4 Å². The molecule has 116 valence electrons. The molecule has 1 aliphatic carbocycles. The largest absolute Gasteiger partial charge is 0.287 e. The van der Waals surface area contributed by atoms with Crippen LogP contribution in [0.3, 0.4) is 0 Å². The number of hydrogen-bond acceptors (Lipinski definition) is 5. The van der Waals surface area contributed by atoms with Crippen molar-refractivity contribution in [3.8, 4) is 0 Å². The number of amides is 1. The van der Waals surface area contributed by atoms with E-state index in [0.29, 0.717) is 5.13 Å². The van der Waals surface area contributed by atoms with Crippen LogP contribution in [-0.2, 0) is 27.7 Å². The topological polar surface area (TPSA) is 93.4 Å². The van der Waals surface area contributed by atoms with Crippen LogP contribution in [-0.4, -0.2) is 31.1 Å². The lowest BCUT2D eigenvalue weighted by molar-refractivity contribution is -0.117. The molecular formula is C13H19N3O3S2. The standard InChI is InChI=1S/C13H19N3O3S2/c14-21(18,19)9-7-12(17)16(8-9)13-15-10-5-3-1-2-4-6-11(10)20-13/h9H,1-8H2,(H2,14,18,19).